The lowest BCUT2D eigenvalue weighted by atomic mass is 10.0. The molecule has 0 aromatic heterocycles. The molecule has 0 heterocycles. The maximum atomic E-state index is 5.71. The van der Waals surface area contributed by atoms with Crippen molar-refractivity contribution in [1.29, 1.82) is 0 Å². The molecule has 14 heavy (non-hydrogen) atoms. The molecule has 0 fully saturated rings. The molecule has 0 unspecified atom stereocenters. The van der Waals surface area contributed by atoms with E-state index in [1.807, 2.05) is 0 Å². The second-order valence-electron chi connectivity index (χ2n) is 3.42. The van der Waals surface area contributed by atoms with Gasteiger partial charge in [0.2, 0.25) is 0 Å². The Morgan fingerprint density at radius 3 is 1.79 bits per heavy atom. The summed E-state index contributed by atoms with van der Waals surface area (Å²) in [6.45, 7) is 6.57. The van der Waals surface area contributed by atoms with Crippen molar-refractivity contribution in [2.75, 3.05) is 0 Å². The van der Waals surface area contributed by atoms with Crippen LogP contribution in [0.15, 0.2) is 17.0 Å². The van der Waals surface area contributed by atoms with Crippen molar-refractivity contribution in [2.45, 2.75) is 44.9 Å². The molecule has 2 N–H and O–H groups in total. The molecule has 1 aromatic rings. The zero-order chi connectivity index (χ0) is 10.6. The fourth-order valence-corrected chi connectivity index (χ4v) is 2.42. The van der Waals surface area contributed by atoms with E-state index in [0.29, 0.717) is 0 Å². The van der Waals surface area contributed by atoms with Gasteiger partial charge in [0.15, 0.2) is 0 Å². The van der Waals surface area contributed by atoms with Gasteiger partial charge in [0, 0.05) is 4.90 Å². The zero-order valence-electron chi connectivity index (χ0n) is 9.26. The third-order valence-corrected chi connectivity index (χ3v) is 3.35. The first kappa shape index (κ1) is 11.6. The van der Waals surface area contributed by atoms with Crippen LogP contribution in [0, 0.1) is 0 Å². The molecule has 0 atom stereocenters. The van der Waals surface area contributed by atoms with Crippen LogP contribution < -0.4 is 5.14 Å². The van der Waals surface area contributed by atoms with E-state index in [9.17, 15) is 0 Å². The molecule has 0 saturated carbocycles. The largest absolute Gasteiger partial charge is 0.274 e. The van der Waals surface area contributed by atoms with Gasteiger partial charge in [0.1, 0.15) is 0 Å². The van der Waals surface area contributed by atoms with Crippen LogP contribution in [0.3, 0.4) is 0 Å². The van der Waals surface area contributed by atoms with Crippen molar-refractivity contribution in [3.63, 3.8) is 0 Å². The molecule has 0 saturated heterocycles. The van der Waals surface area contributed by atoms with Gasteiger partial charge in [-0.15, -0.1) is 0 Å². The van der Waals surface area contributed by atoms with Gasteiger partial charge in [-0.25, -0.2) is 0 Å². The maximum absolute atomic E-state index is 5.71. The van der Waals surface area contributed by atoms with E-state index < -0.39 is 0 Å². The summed E-state index contributed by atoms with van der Waals surface area (Å²) in [6, 6.07) is 4.57. The van der Waals surface area contributed by atoms with Crippen LogP contribution in [0.5, 0.6) is 0 Å². The lowest BCUT2D eigenvalue weighted by Crippen LogP contribution is -1.98. The Balaban J connectivity index is 3.24. The third kappa shape index (κ3) is 2.31. The van der Waals surface area contributed by atoms with Crippen molar-refractivity contribution >= 4 is 11.9 Å². The molecule has 0 amide bonds. The smallest absolute Gasteiger partial charge is 0.0289 e. The molecule has 1 aromatic carbocycles. The summed E-state index contributed by atoms with van der Waals surface area (Å²) < 4.78 is 0. The van der Waals surface area contributed by atoms with Crippen LogP contribution in [0.1, 0.15) is 37.5 Å². The standard InChI is InChI=1S/C12H19NS/c1-4-9-7-10(5-2)12(14-13)11(6-3)8-9/h7-8H,4-6,13H2,1-3H3. The summed E-state index contributed by atoms with van der Waals surface area (Å²) in [5, 5.41) is 5.71. The molecule has 0 radical (unpaired) electrons. The normalized spacial score (nSPS) is 10.6. The Morgan fingerprint density at radius 1 is 1.00 bits per heavy atom. The molecular weight excluding hydrogens is 190 g/mol. The Hall–Kier alpha value is -0.470. The van der Waals surface area contributed by atoms with Crippen LogP contribution in [0.25, 0.3) is 0 Å². The molecular formula is C12H19NS. The molecule has 1 nitrogen and oxygen atoms in total. The van der Waals surface area contributed by atoms with Gasteiger partial charge in [0.05, 0.1) is 0 Å². The second kappa shape index (κ2) is 5.42. The molecule has 0 aliphatic heterocycles. The van der Waals surface area contributed by atoms with Gasteiger partial charge >= 0.3 is 0 Å². The van der Waals surface area contributed by atoms with E-state index in [-0.39, 0.29) is 0 Å². The first-order chi connectivity index (χ1) is 6.76. The van der Waals surface area contributed by atoms with Crippen molar-refractivity contribution in [2.24, 2.45) is 5.14 Å². The third-order valence-electron chi connectivity index (χ3n) is 2.59. The van der Waals surface area contributed by atoms with E-state index >= 15 is 0 Å². The number of aryl methyl sites for hydroxylation is 3. The highest BCUT2D eigenvalue weighted by Crippen LogP contribution is 2.26. The van der Waals surface area contributed by atoms with Crippen LogP contribution >= 0.6 is 11.9 Å². The van der Waals surface area contributed by atoms with E-state index in [4.69, 9.17) is 5.14 Å². The number of rotatable bonds is 4. The Kier molecular flexibility index (Phi) is 4.49. The van der Waals surface area contributed by atoms with E-state index in [2.05, 4.69) is 32.9 Å². The fraction of sp³-hybridized carbons (Fsp3) is 0.500. The minimum atomic E-state index is 1.07. The SMILES string of the molecule is CCc1cc(CC)c(SN)c(CC)c1. The number of benzene rings is 1. The molecule has 2 heteroatoms. The average Bonchev–Trinajstić information content (AvgIpc) is 2.26. The van der Waals surface area contributed by atoms with Gasteiger partial charge < -0.3 is 0 Å². The predicted molar refractivity (Wildman–Crippen MR) is 64.6 cm³/mol. The van der Waals surface area contributed by atoms with Gasteiger partial charge in [-0.05, 0) is 47.9 Å². The van der Waals surface area contributed by atoms with Crippen LogP contribution in [0.4, 0.5) is 0 Å². The van der Waals surface area contributed by atoms with Gasteiger partial charge in [-0.1, -0.05) is 32.9 Å². The van der Waals surface area contributed by atoms with Crippen LogP contribution in [-0.4, -0.2) is 0 Å². The summed E-state index contributed by atoms with van der Waals surface area (Å²) in [6.07, 6.45) is 3.25. The fourth-order valence-electron chi connectivity index (χ4n) is 1.71. The summed E-state index contributed by atoms with van der Waals surface area (Å²) in [7, 11) is 0. The maximum Gasteiger partial charge on any atom is 0.0289 e. The van der Waals surface area contributed by atoms with E-state index in [0.717, 1.165) is 19.3 Å². The quantitative estimate of drug-likeness (QED) is 0.770. The summed E-state index contributed by atoms with van der Waals surface area (Å²) in [4.78, 5) is 1.28. The average molecular weight is 209 g/mol. The lowest BCUT2D eigenvalue weighted by Gasteiger charge is -2.12. The van der Waals surface area contributed by atoms with E-state index in [1.54, 1.807) is 0 Å². The minimum absolute atomic E-state index is 1.07. The number of hydrogen-bond acceptors (Lipinski definition) is 2. The molecule has 0 spiro atoms. The molecule has 1 rings (SSSR count). The van der Waals surface area contributed by atoms with Crippen molar-refractivity contribution in [1.82, 2.24) is 0 Å². The van der Waals surface area contributed by atoms with Gasteiger partial charge in [-0.2, -0.15) is 0 Å². The highest BCUT2D eigenvalue weighted by Gasteiger charge is 2.07. The van der Waals surface area contributed by atoms with Crippen molar-refractivity contribution in [3.05, 3.63) is 28.8 Å². The monoisotopic (exact) mass is 209 g/mol. The lowest BCUT2D eigenvalue weighted by molar-refractivity contribution is 0.980. The van der Waals surface area contributed by atoms with Gasteiger partial charge in [0.25, 0.3) is 0 Å². The Bertz CT molecular complexity index is 282. The highest BCUT2D eigenvalue weighted by molar-refractivity contribution is 7.97. The highest BCUT2D eigenvalue weighted by atomic mass is 32.2. The van der Waals surface area contributed by atoms with Gasteiger partial charge in [-0.3, -0.25) is 5.14 Å². The number of nitrogens with two attached hydrogens (primary N) is 1. The number of hydrogen-bond donors (Lipinski definition) is 1. The van der Waals surface area contributed by atoms with Crippen LogP contribution in [0.2, 0.25) is 0 Å². The molecule has 78 valence electrons. The zero-order valence-corrected chi connectivity index (χ0v) is 10.1. The summed E-state index contributed by atoms with van der Waals surface area (Å²) in [5.41, 5.74) is 4.22. The molecule has 0 aliphatic carbocycles. The van der Waals surface area contributed by atoms with E-state index in [1.165, 1.54) is 33.5 Å². The summed E-state index contributed by atoms with van der Waals surface area (Å²) >= 11 is 1.39. The molecule has 0 bridgehead atoms. The Morgan fingerprint density at radius 2 is 1.50 bits per heavy atom. The Labute approximate surface area is 91.2 Å². The molecule has 0 aliphatic rings. The predicted octanol–water partition coefficient (Wildman–Crippen LogP) is 3.34. The van der Waals surface area contributed by atoms with Crippen LogP contribution in [-0.2, 0) is 19.3 Å². The second-order valence-corrected chi connectivity index (χ2v) is 4.07. The topological polar surface area (TPSA) is 26.0 Å². The van der Waals surface area contributed by atoms with Crippen molar-refractivity contribution in [3.8, 4) is 0 Å². The first-order valence-electron chi connectivity index (χ1n) is 5.28. The summed E-state index contributed by atoms with van der Waals surface area (Å²) in [5.74, 6) is 0. The minimum Gasteiger partial charge on any atom is -0.274 e. The van der Waals surface area contributed by atoms with Crippen molar-refractivity contribution < 1.29 is 0 Å². The first-order valence-corrected chi connectivity index (χ1v) is 6.16.